The summed E-state index contributed by atoms with van der Waals surface area (Å²) in [7, 11) is 0. The van der Waals surface area contributed by atoms with E-state index in [1.165, 1.54) is 17.0 Å². The Kier molecular flexibility index (Phi) is 7.46. The van der Waals surface area contributed by atoms with Gasteiger partial charge in [-0.25, -0.2) is 9.37 Å². The molecule has 8 heteroatoms. The highest BCUT2D eigenvalue weighted by molar-refractivity contribution is 7.98. The highest BCUT2D eigenvalue weighted by atomic mass is 32.2. The number of carbonyl (C=O) groups is 2. The average molecular weight is 515 g/mol. The van der Waals surface area contributed by atoms with Gasteiger partial charge in [0.2, 0.25) is 0 Å². The smallest absolute Gasteiger partial charge is 0.261 e. The minimum atomic E-state index is -0.298. The van der Waals surface area contributed by atoms with Gasteiger partial charge in [0.05, 0.1) is 28.3 Å². The van der Waals surface area contributed by atoms with E-state index in [4.69, 9.17) is 4.98 Å². The molecule has 0 fully saturated rings. The number of halogens is 1. The first kappa shape index (κ1) is 24.9. The van der Waals surface area contributed by atoms with Crippen molar-refractivity contribution in [3.05, 3.63) is 95.8 Å². The maximum atomic E-state index is 13.7. The van der Waals surface area contributed by atoms with Crippen LogP contribution in [0.5, 0.6) is 0 Å². The number of hydrogen-bond donors (Lipinski definition) is 0. The number of pyridine rings is 1. The van der Waals surface area contributed by atoms with Crippen LogP contribution in [-0.4, -0.2) is 43.5 Å². The van der Waals surface area contributed by atoms with Crippen LogP contribution >= 0.6 is 11.8 Å². The van der Waals surface area contributed by atoms with Crippen LogP contribution in [0.2, 0.25) is 0 Å². The van der Waals surface area contributed by atoms with E-state index in [0.717, 1.165) is 46.3 Å². The molecule has 0 saturated heterocycles. The van der Waals surface area contributed by atoms with Gasteiger partial charge in [-0.1, -0.05) is 19.1 Å². The monoisotopic (exact) mass is 514 g/mol. The molecule has 1 aliphatic heterocycles. The zero-order chi connectivity index (χ0) is 25.8. The molecule has 0 bridgehead atoms. The standard InChI is InChI=1S/C29H27FN4O2S/c1-2-18-37-19-25-32-26(20-8-10-22(30)11-9-20)27(21-12-14-31-15-13-21)33(25)16-5-17-34-28(35)23-6-3-4-7-24(23)29(34)36/h3-4,6-15H,2,5,16-19H2,1H3. The highest BCUT2D eigenvalue weighted by Gasteiger charge is 2.34. The molecule has 0 N–H and O–H groups in total. The fraction of sp³-hybridized carbons (Fsp3) is 0.241. The number of fused-ring (bicyclic) bond motifs is 1. The van der Waals surface area contributed by atoms with Gasteiger partial charge in [-0.15, -0.1) is 0 Å². The van der Waals surface area contributed by atoms with Gasteiger partial charge in [0.15, 0.2) is 0 Å². The van der Waals surface area contributed by atoms with Gasteiger partial charge < -0.3 is 4.57 Å². The first-order chi connectivity index (χ1) is 18.1. The second-order valence-electron chi connectivity index (χ2n) is 8.83. The Labute approximate surface area is 219 Å². The Morgan fingerprint density at radius 3 is 2.19 bits per heavy atom. The molecule has 0 spiro atoms. The maximum Gasteiger partial charge on any atom is 0.261 e. The highest BCUT2D eigenvalue weighted by Crippen LogP contribution is 2.34. The lowest BCUT2D eigenvalue weighted by atomic mass is 10.1. The Bertz CT molecular complexity index is 1380. The summed E-state index contributed by atoms with van der Waals surface area (Å²) in [5, 5.41) is 0. The third-order valence-corrected chi connectivity index (χ3v) is 7.50. The maximum absolute atomic E-state index is 13.7. The van der Waals surface area contributed by atoms with Crippen LogP contribution in [0.15, 0.2) is 73.1 Å². The number of aromatic nitrogens is 3. The summed E-state index contributed by atoms with van der Waals surface area (Å²) in [5.41, 5.74) is 4.40. The number of hydrogen-bond acceptors (Lipinski definition) is 5. The first-order valence-electron chi connectivity index (χ1n) is 12.4. The molecule has 5 rings (SSSR count). The van der Waals surface area contributed by atoms with Gasteiger partial charge in [-0.3, -0.25) is 19.5 Å². The van der Waals surface area contributed by atoms with Crippen molar-refractivity contribution < 1.29 is 14.0 Å². The quantitative estimate of drug-likeness (QED) is 0.190. The Balaban J connectivity index is 1.48. The van der Waals surface area contributed by atoms with Crippen molar-refractivity contribution in [2.75, 3.05) is 12.3 Å². The van der Waals surface area contributed by atoms with Crippen molar-refractivity contribution in [2.24, 2.45) is 0 Å². The summed E-state index contributed by atoms with van der Waals surface area (Å²) in [6, 6.07) is 17.2. The predicted molar refractivity (Wildman–Crippen MR) is 144 cm³/mol. The molecule has 2 amide bonds. The van der Waals surface area contributed by atoms with Gasteiger partial charge in [0, 0.05) is 36.6 Å². The van der Waals surface area contributed by atoms with Crippen LogP contribution in [0.25, 0.3) is 22.5 Å². The van der Waals surface area contributed by atoms with E-state index in [1.54, 1.807) is 48.8 Å². The normalized spacial score (nSPS) is 12.9. The lowest BCUT2D eigenvalue weighted by molar-refractivity contribution is 0.0651. The van der Waals surface area contributed by atoms with Gasteiger partial charge in [0.1, 0.15) is 11.6 Å². The minimum absolute atomic E-state index is 0.244. The zero-order valence-corrected chi connectivity index (χ0v) is 21.4. The molecule has 0 aliphatic carbocycles. The number of carbonyl (C=O) groups excluding carboxylic acids is 2. The molecular formula is C29H27FN4O2S. The third kappa shape index (κ3) is 5.06. The number of imidazole rings is 1. The summed E-state index contributed by atoms with van der Waals surface area (Å²) in [6.07, 6.45) is 5.12. The van der Waals surface area contributed by atoms with Crippen LogP contribution in [0.3, 0.4) is 0 Å². The van der Waals surface area contributed by atoms with Crippen LogP contribution < -0.4 is 0 Å². The van der Waals surface area contributed by atoms with Crippen molar-refractivity contribution in [2.45, 2.75) is 32.1 Å². The molecule has 3 heterocycles. The number of thioether (sulfide) groups is 1. The van der Waals surface area contributed by atoms with E-state index >= 15 is 0 Å². The average Bonchev–Trinajstić information content (AvgIpc) is 3.40. The number of rotatable bonds is 10. The minimum Gasteiger partial charge on any atom is -0.327 e. The molecule has 1 aliphatic rings. The number of benzene rings is 2. The molecule has 0 radical (unpaired) electrons. The van der Waals surface area contributed by atoms with Crippen LogP contribution in [-0.2, 0) is 12.3 Å². The number of amides is 2. The summed E-state index contributed by atoms with van der Waals surface area (Å²) in [4.78, 5) is 36.2. The van der Waals surface area contributed by atoms with Crippen LogP contribution in [0, 0.1) is 5.82 Å². The Hall–Kier alpha value is -3.78. The summed E-state index contributed by atoms with van der Waals surface area (Å²) in [6.45, 7) is 3.03. The SMILES string of the molecule is CCCSCc1nc(-c2ccc(F)cc2)c(-c2ccncc2)n1CCCN1C(=O)c2ccccc2C1=O. The van der Waals surface area contributed by atoms with E-state index in [-0.39, 0.29) is 17.6 Å². The van der Waals surface area contributed by atoms with Crippen molar-refractivity contribution in [1.29, 1.82) is 0 Å². The van der Waals surface area contributed by atoms with Crippen molar-refractivity contribution in [3.8, 4) is 22.5 Å². The molecule has 0 unspecified atom stereocenters. The third-order valence-electron chi connectivity index (χ3n) is 6.34. The van der Waals surface area contributed by atoms with E-state index in [9.17, 15) is 14.0 Å². The van der Waals surface area contributed by atoms with E-state index in [1.807, 2.05) is 23.9 Å². The molecular weight excluding hydrogens is 487 g/mol. The van der Waals surface area contributed by atoms with Crippen LogP contribution in [0.1, 0.15) is 46.3 Å². The van der Waals surface area contributed by atoms with E-state index in [2.05, 4.69) is 16.5 Å². The van der Waals surface area contributed by atoms with E-state index < -0.39 is 0 Å². The lowest BCUT2D eigenvalue weighted by Crippen LogP contribution is -2.31. The summed E-state index contributed by atoms with van der Waals surface area (Å²) >= 11 is 1.81. The van der Waals surface area contributed by atoms with E-state index in [0.29, 0.717) is 30.6 Å². The summed E-state index contributed by atoms with van der Waals surface area (Å²) in [5.74, 6) is 1.86. The van der Waals surface area contributed by atoms with Crippen LogP contribution in [0.4, 0.5) is 4.39 Å². The molecule has 2 aromatic heterocycles. The summed E-state index contributed by atoms with van der Waals surface area (Å²) < 4.78 is 15.9. The van der Waals surface area contributed by atoms with Gasteiger partial charge >= 0.3 is 0 Å². The first-order valence-corrected chi connectivity index (χ1v) is 13.5. The molecule has 6 nitrogen and oxygen atoms in total. The second kappa shape index (κ2) is 11.1. The lowest BCUT2D eigenvalue weighted by Gasteiger charge is -2.17. The topological polar surface area (TPSA) is 68.1 Å². The number of imide groups is 1. The van der Waals surface area contributed by atoms with Crippen molar-refractivity contribution in [3.63, 3.8) is 0 Å². The van der Waals surface area contributed by atoms with Gasteiger partial charge in [0.25, 0.3) is 11.8 Å². The molecule has 188 valence electrons. The molecule has 2 aromatic carbocycles. The Morgan fingerprint density at radius 2 is 1.54 bits per heavy atom. The number of nitrogens with zero attached hydrogens (tertiary/aromatic N) is 4. The van der Waals surface area contributed by atoms with Gasteiger partial charge in [-0.05, 0) is 67.1 Å². The fourth-order valence-corrected chi connectivity index (χ4v) is 5.43. The van der Waals surface area contributed by atoms with Crippen molar-refractivity contribution >= 4 is 23.6 Å². The molecule has 37 heavy (non-hydrogen) atoms. The largest absolute Gasteiger partial charge is 0.327 e. The molecule has 0 atom stereocenters. The molecule has 4 aromatic rings. The fourth-order valence-electron chi connectivity index (χ4n) is 4.60. The van der Waals surface area contributed by atoms with Crippen molar-refractivity contribution in [1.82, 2.24) is 19.4 Å². The second-order valence-corrected chi connectivity index (χ2v) is 9.94. The Morgan fingerprint density at radius 1 is 0.865 bits per heavy atom. The zero-order valence-electron chi connectivity index (χ0n) is 20.6. The van der Waals surface area contributed by atoms with Gasteiger partial charge in [-0.2, -0.15) is 11.8 Å². The molecule has 0 saturated carbocycles. The predicted octanol–water partition coefficient (Wildman–Crippen LogP) is 6.08.